The number of piperazine rings is 1. The first-order chi connectivity index (χ1) is 13.0. The molecule has 0 bridgehead atoms. The van der Waals surface area contributed by atoms with Crippen molar-refractivity contribution in [3.63, 3.8) is 0 Å². The molecule has 9 heteroatoms. The molecule has 2 saturated heterocycles. The average Bonchev–Trinajstić information content (AvgIpc) is 2.68. The zero-order valence-electron chi connectivity index (χ0n) is 15.6. The summed E-state index contributed by atoms with van der Waals surface area (Å²) < 4.78 is 5.08. The highest BCUT2D eigenvalue weighted by Crippen LogP contribution is 2.23. The average molecular weight is 412 g/mol. The van der Waals surface area contributed by atoms with Gasteiger partial charge in [-0.1, -0.05) is 0 Å². The summed E-state index contributed by atoms with van der Waals surface area (Å²) in [5.74, 6) is -0.194. The van der Waals surface area contributed by atoms with Crippen molar-refractivity contribution in [3.8, 4) is 5.75 Å². The molecule has 8 nitrogen and oxygen atoms in total. The van der Waals surface area contributed by atoms with Gasteiger partial charge in [0.15, 0.2) is 6.61 Å². The van der Waals surface area contributed by atoms with Gasteiger partial charge < -0.3 is 25.0 Å². The molecule has 0 radical (unpaired) electrons. The number of carbonyl (C=O) groups is 3. The van der Waals surface area contributed by atoms with Gasteiger partial charge in [-0.3, -0.25) is 9.59 Å². The lowest BCUT2D eigenvalue weighted by Gasteiger charge is -2.35. The van der Waals surface area contributed by atoms with Gasteiger partial charge in [0.25, 0.3) is 0 Å². The van der Waals surface area contributed by atoms with Crippen molar-refractivity contribution in [3.05, 3.63) is 24.3 Å². The van der Waals surface area contributed by atoms with Crippen molar-refractivity contribution in [2.24, 2.45) is 5.92 Å². The Kier molecular flexibility index (Phi) is 8.07. The number of hydrogen-bond acceptors (Lipinski definition) is 5. The number of ether oxygens (including phenoxy) is 1. The van der Waals surface area contributed by atoms with E-state index in [0.29, 0.717) is 23.9 Å². The third-order valence-electron chi connectivity index (χ3n) is 5.05. The van der Waals surface area contributed by atoms with E-state index in [4.69, 9.17) is 9.84 Å². The Balaban J connectivity index is 0.00000280. The van der Waals surface area contributed by atoms with Gasteiger partial charge in [0.2, 0.25) is 11.8 Å². The summed E-state index contributed by atoms with van der Waals surface area (Å²) in [7, 11) is 0. The molecule has 2 amide bonds. The molecule has 1 aromatic carbocycles. The molecule has 0 aromatic heterocycles. The van der Waals surface area contributed by atoms with Gasteiger partial charge in [0, 0.05) is 12.2 Å². The van der Waals surface area contributed by atoms with Crippen LogP contribution in [0, 0.1) is 5.92 Å². The van der Waals surface area contributed by atoms with Gasteiger partial charge in [-0.2, -0.15) is 0 Å². The van der Waals surface area contributed by atoms with E-state index in [1.807, 2.05) is 0 Å². The van der Waals surface area contributed by atoms with Crippen LogP contribution in [0.15, 0.2) is 24.3 Å². The molecule has 1 aromatic rings. The fraction of sp³-hybridized carbons (Fsp3) is 0.526. The van der Waals surface area contributed by atoms with Crippen LogP contribution in [0.25, 0.3) is 0 Å². The van der Waals surface area contributed by atoms with Crippen LogP contribution < -0.4 is 15.0 Å². The van der Waals surface area contributed by atoms with Crippen molar-refractivity contribution in [1.29, 1.82) is 0 Å². The molecule has 2 aliphatic heterocycles. The van der Waals surface area contributed by atoms with Gasteiger partial charge in [0.05, 0.1) is 0 Å². The van der Waals surface area contributed by atoms with Crippen molar-refractivity contribution < 1.29 is 24.2 Å². The number of aliphatic carboxylic acids is 1. The molecule has 2 heterocycles. The number of hydrogen-bond donors (Lipinski definition) is 2. The van der Waals surface area contributed by atoms with Gasteiger partial charge in [-0.15, -0.1) is 12.4 Å². The molecule has 0 unspecified atom stereocenters. The second kappa shape index (κ2) is 10.3. The number of carboxylic acid groups (broad SMARTS) is 1. The Bertz CT molecular complexity index is 691. The molecule has 0 aliphatic carbocycles. The largest absolute Gasteiger partial charge is 0.482 e. The Morgan fingerprint density at radius 3 is 2.43 bits per heavy atom. The summed E-state index contributed by atoms with van der Waals surface area (Å²) in [6, 6.07) is 6.51. The molecule has 28 heavy (non-hydrogen) atoms. The smallest absolute Gasteiger partial charge is 0.341 e. The summed E-state index contributed by atoms with van der Waals surface area (Å²) in [6.07, 6.45) is 3.19. The number of piperidine rings is 1. The minimum atomic E-state index is -1.06. The number of nitrogens with one attached hydrogen (secondary N) is 1. The van der Waals surface area contributed by atoms with Crippen LogP contribution in [-0.2, 0) is 14.4 Å². The lowest BCUT2D eigenvalue weighted by molar-refractivity contribution is -0.139. The maximum absolute atomic E-state index is 12.5. The molecule has 2 N–H and O–H groups in total. The van der Waals surface area contributed by atoms with E-state index in [1.165, 1.54) is 4.90 Å². The first kappa shape index (κ1) is 22.0. The minimum absolute atomic E-state index is 0. The van der Waals surface area contributed by atoms with Gasteiger partial charge in [-0.25, -0.2) is 4.79 Å². The number of carboxylic acids is 1. The summed E-state index contributed by atoms with van der Waals surface area (Å²) >= 11 is 0. The molecular weight excluding hydrogens is 386 g/mol. The number of benzene rings is 1. The summed E-state index contributed by atoms with van der Waals surface area (Å²) in [6.45, 7) is 2.38. The Morgan fingerprint density at radius 1 is 1.11 bits per heavy atom. The second-order valence-corrected chi connectivity index (χ2v) is 6.95. The third kappa shape index (κ3) is 5.84. The Labute approximate surface area is 170 Å². The maximum Gasteiger partial charge on any atom is 0.341 e. The normalized spacial score (nSPS) is 18.0. The van der Waals surface area contributed by atoms with Crippen molar-refractivity contribution >= 4 is 35.9 Å². The summed E-state index contributed by atoms with van der Waals surface area (Å²) in [5.41, 5.74) is 0.606. The van der Waals surface area contributed by atoms with Crippen molar-refractivity contribution in [2.45, 2.75) is 19.3 Å². The zero-order valence-corrected chi connectivity index (χ0v) is 16.5. The fourth-order valence-electron chi connectivity index (χ4n) is 3.48. The lowest BCUT2D eigenvalue weighted by Crippen LogP contribution is -2.54. The van der Waals surface area contributed by atoms with Crippen LogP contribution in [0.4, 0.5) is 5.69 Å². The van der Waals surface area contributed by atoms with Crippen molar-refractivity contribution in [2.75, 3.05) is 44.2 Å². The predicted molar refractivity (Wildman–Crippen MR) is 106 cm³/mol. The molecule has 0 spiro atoms. The lowest BCUT2D eigenvalue weighted by atomic mass is 9.94. The standard InChI is InChI=1S/C19H25N3O5.ClH/c23-17-12-22(15-1-3-16(4-2-15)27-13-19(25)26)18(24)11-21(17)10-7-14-5-8-20-9-6-14;/h1-4,14,20H,5-13H2,(H,25,26);1H. The van der Waals surface area contributed by atoms with E-state index in [1.54, 1.807) is 29.2 Å². The van der Waals surface area contributed by atoms with Crippen LogP contribution >= 0.6 is 12.4 Å². The van der Waals surface area contributed by atoms with E-state index >= 15 is 0 Å². The van der Waals surface area contributed by atoms with Crippen LogP contribution in [0.2, 0.25) is 0 Å². The van der Waals surface area contributed by atoms with Gasteiger partial charge >= 0.3 is 5.97 Å². The number of anilines is 1. The van der Waals surface area contributed by atoms with Crippen LogP contribution in [0.5, 0.6) is 5.75 Å². The first-order valence-electron chi connectivity index (χ1n) is 9.26. The Hall–Kier alpha value is -2.32. The maximum atomic E-state index is 12.5. The number of halogens is 1. The highest BCUT2D eigenvalue weighted by Gasteiger charge is 2.31. The van der Waals surface area contributed by atoms with E-state index in [9.17, 15) is 14.4 Å². The van der Waals surface area contributed by atoms with Crippen LogP contribution in [-0.4, -0.2) is 67.1 Å². The first-order valence-corrected chi connectivity index (χ1v) is 9.26. The van der Waals surface area contributed by atoms with Gasteiger partial charge in [0.1, 0.15) is 18.8 Å². The van der Waals surface area contributed by atoms with Gasteiger partial charge in [-0.05, 0) is 62.5 Å². The zero-order chi connectivity index (χ0) is 19.2. The number of rotatable bonds is 7. The molecule has 0 saturated carbocycles. The van der Waals surface area contributed by atoms with E-state index in [-0.39, 0.29) is 37.3 Å². The molecule has 2 fully saturated rings. The molecule has 3 rings (SSSR count). The monoisotopic (exact) mass is 411 g/mol. The number of amides is 2. The Morgan fingerprint density at radius 2 is 1.79 bits per heavy atom. The van der Waals surface area contributed by atoms with E-state index in [2.05, 4.69) is 5.32 Å². The van der Waals surface area contributed by atoms with Crippen LogP contribution in [0.3, 0.4) is 0 Å². The molecular formula is C19H26ClN3O5. The highest BCUT2D eigenvalue weighted by molar-refractivity contribution is 6.04. The molecule has 154 valence electrons. The van der Waals surface area contributed by atoms with E-state index in [0.717, 1.165) is 32.4 Å². The van der Waals surface area contributed by atoms with Crippen LogP contribution in [0.1, 0.15) is 19.3 Å². The van der Waals surface area contributed by atoms with E-state index < -0.39 is 12.6 Å². The predicted octanol–water partition coefficient (Wildman–Crippen LogP) is 1.14. The highest BCUT2D eigenvalue weighted by atomic mass is 35.5. The SMILES string of the molecule is Cl.O=C(O)COc1ccc(N2CC(=O)N(CCC3CCNCC3)CC2=O)cc1. The third-order valence-corrected chi connectivity index (χ3v) is 5.05. The summed E-state index contributed by atoms with van der Waals surface area (Å²) in [5, 5.41) is 12.0. The molecule has 0 atom stereocenters. The number of nitrogens with zero attached hydrogens (tertiary/aromatic N) is 2. The summed E-state index contributed by atoms with van der Waals surface area (Å²) in [4.78, 5) is 38.6. The minimum Gasteiger partial charge on any atom is -0.482 e. The topological polar surface area (TPSA) is 99.2 Å². The fourth-order valence-corrected chi connectivity index (χ4v) is 3.48. The quantitative estimate of drug-likeness (QED) is 0.698. The molecule has 2 aliphatic rings. The number of carbonyl (C=O) groups excluding carboxylic acids is 2. The second-order valence-electron chi connectivity index (χ2n) is 6.95. The van der Waals surface area contributed by atoms with Crippen molar-refractivity contribution in [1.82, 2.24) is 10.2 Å².